The molecule has 3 aromatic rings. The molecule has 0 aliphatic heterocycles. The number of H-pyrrole nitrogens is 1. The number of carbonyl (C=O) groups is 2. The van der Waals surface area contributed by atoms with Crippen molar-refractivity contribution in [2.45, 2.75) is 50.4 Å². The minimum atomic E-state index is -0.453. The molecule has 0 saturated heterocycles. The van der Waals surface area contributed by atoms with Gasteiger partial charge in [-0.15, -0.1) is 11.3 Å². The van der Waals surface area contributed by atoms with Crippen LogP contribution in [0.3, 0.4) is 0 Å². The van der Waals surface area contributed by atoms with Crippen molar-refractivity contribution in [2.24, 2.45) is 5.92 Å². The topological polar surface area (TPSA) is 104 Å². The fourth-order valence-electron chi connectivity index (χ4n) is 3.69. The highest BCUT2D eigenvalue weighted by molar-refractivity contribution is 8.00. The van der Waals surface area contributed by atoms with Crippen LogP contribution in [0.15, 0.2) is 34.2 Å². The van der Waals surface area contributed by atoms with Gasteiger partial charge in [-0.1, -0.05) is 18.7 Å². The van der Waals surface area contributed by atoms with Crippen molar-refractivity contribution >= 4 is 56.5 Å². The zero-order valence-corrected chi connectivity index (χ0v) is 19.2. The predicted molar refractivity (Wildman–Crippen MR) is 126 cm³/mol. The standard InChI is InChI=1S/C22H24N4O3S2/c1-11-4-9-16-17(10-11)31-21-18(16)20(29)25-22(26-21)30-12(2)19(28)24-15-7-5-14(6-8-15)23-13(3)27/h5-8,11-12H,4,9-10H2,1-3H3,(H,23,27)(H,24,28)(H,25,26,29). The Morgan fingerprint density at radius 3 is 2.58 bits per heavy atom. The average Bonchev–Trinajstić information content (AvgIpc) is 3.06. The van der Waals surface area contributed by atoms with Gasteiger partial charge < -0.3 is 15.6 Å². The number of benzene rings is 1. The molecule has 7 nitrogen and oxygen atoms in total. The van der Waals surface area contributed by atoms with Gasteiger partial charge in [0.1, 0.15) is 4.83 Å². The van der Waals surface area contributed by atoms with Crippen LogP contribution in [0.25, 0.3) is 10.2 Å². The highest BCUT2D eigenvalue weighted by Gasteiger charge is 2.24. The smallest absolute Gasteiger partial charge is 0.260 e. The van der Waals surface area contributed by atoms with Crippen molar-refractivity contribution in [3.05, 3.63) is 45.1 Å². The fraction of sp³-hybridized carbons (Fsp3) is 0.364. The van der Waals surface area contributed by atoms with Crippen molar-refractivity contribution in [2.75, 3.05) is 10.6 Å². The molecule has 3 N–H and O–H groups in total. The number of rotatable bonds is 5. The number of hydrogen-bond donors (Lipinski definition) is 3. The molecule has 1 aromatic carbocycles. The fourth-order valence-corrected chi connectivity index (χ4v) is 5.93. The molecule has 0 saturated carbocycles. The Morgan fingerprint density at radius 1 is 1.23 bits per heavy atom. The van der Waals surface area contributed by atoms with Gasteiger partial charge in [0.2, 0.25) is 11.8 Å². The number of nitrogens with one attached hydrogen (secondary N) is 3. The highest BCUT2D eigenvalue weighted by Crippen LogP contribution is 2.36. The predicted octanol–water partition coefficient (Wildman–Crippen LogP) is 4.19. The lowest BCUT2D eigenvalue weighted by atomic mass is 9.89. The van der Waals surface area contributed by atoms with Crippen LogP contribution in [0, 0.1) is 5.92 Å². The Bertz CT molecular complexity index is 1200. The molecule has 2 amide bonds. The molecule has 2 atom stereocenters. The van der Waals surface area contributed by atoms with Gasteiger partial charge in [-0.2, -0.15) is 0 Å². The maximum Gasteiger partial charge on any atom is 0.260 e. The van der Waals surface area contributed by atoms with Gasteiger partial charge in [0.05, 0.1) is 10.6 Å². The first-order valence-electron chi connectivity index (χ1n) is 10.2. The van der Waals surface area contributed by atoms with Crippen molar-refractivity contribution in [3.8, 4) is 0 Å². The van der Waals surface area contributed by atoms with Crippen molar-refractivity contribution in [1.29, 1.82) is 0 Å². The molecular formula is C22H24N4O3S2. The van der Waals surface area contributed by atoms with Gasteiger partial charge in [0.25, 0.3) is 5.56 Å². The van der Waals surface area contributed by atoms with E-state index < -0.39 is 5.25 Å². The minimum Gasteiger partial charge on any atom is -0.326 e. The van der Waals surface area contributed by atoms with E-state index in [1.165, 1.54) is 23.6 Å². The van der Waals surface area contributed by atoms with E-state index in [2.05, 4.69) is 27.5 Å². The van der Waals surface area contributed by atoms with Gasteiger partial charge in [-0.05, 0) is 61.9 Å². The number of aromatic nitrogens is 2. The van der Waals surface area contributed by atoms with E-state index in [0.717, 1.165) is 29.7 Å². The first kappa shape index (κ1) is 21.6. The average molecular weight is 457 g/mol. The zero-order valence-electron chi connectivity index (χ0n) is 17.6. The molecule has 9 heteroatoms. The number of carbonyl (C=O) groups excluding carboxylic acids is 2. The zero-order chi connectivity index (χ0) is 22.1. The molecule has 1 aliphatic rings. The lowest BCUT2D eigenvalue weighted by molar-refractivity contribution is -0.115. The number of thiophene rings is 1. The molecule has 2 heterocycles. The summed E-state index contributed by atoms with van der Waals surface area (Å²) in [4.78, 5) is 46.0. The maximum atomic E-state index is 12.7. The SMILES string of the molecule is CC(=O)Nc1ccc(NC(=O)C(C)Sc2nc3sc4c(c3c(=O)[nH]2)CCC(C)C4)cc1. The summed E-state index contributed by atoms with van der Waals surface area (Å²) in [6.07, 6.45) is 3.02. The minimum absolute atomic E-state index is 0.124. The van der Waals surface area contributed by atoms with Crippen LogP contribution in [-0.4, -0.2) is 27.0 Å². The van der Waals surface area contributed by atoms with Gasteiger partial charge in [-0.25, -0.2) is 4.98 Å². The third kappa shape index (κ3) is 4.83. The normalized spacial score (nSPS) is 16.5. The molecular weight excluding hydrogens is 432 g/mol. The van der Waals surface area contributed by atoms with E-state index in [9.17, 15) is 14.4 Å². The number of fused-ring (bicyclic) bond motifs is 3. The summed E-state index contributed by atoms with van der Waals surface area (Å²) in [5.41, 5.74) is 2.32. The van der Waals surface area contributed by atoms with Crippen LogP contribution in [0.4, 0.5) is 11.4 Å². The number of nitrogens with zero attached hydrogens (tertiary/aromatic N) is 1. The quantitative estimate of drug-likeness (QED) is 0.395. The lowest BCUT2D eigenvalue weighted by Gasteiger charge is -2.17. The van der Waals surface area contributed by atoms with E-state index in [0.29, 0.717) is 27.8 Å². The van der Waals surface area contributed by atoms with Crippen LogP contribution >= 0.6 is 23.1 Å². The van der Waals surface area contributed by atoms with Crippen LogP contribution < -0.4 is 16.2 Å². The second-order valence-corrected chi connectivity index (χ2v) is 10.3. The summed E-state index contributed by atoms with van der Waals surface area (Å²) in [7, 11) is 0. The molecule has 1 aliphatic carbocycles. The van der Waals surface area contributed by atoms with Gasteiger partial charge >= 0.3 is 0 Å². The molecule has 0 radical (unpaired) electrons. The third-order valence-electron chi connectivity index (χ3n) is 5.27. The molecule has 2 unspecified atom stereocenters. The molecule has 0 bridgehead atoms. The van der Waals surface area contributed by atoms with E-state index >= 15 is 0 Å². The van der Waals surface area contributed by atoms with Crippen molar-refractivity contribution in [3.63, 3.8) is 0 Å². The number of amides is 2. The first-order chi connectivity index (χ1) is 14.8. The molecule has 0 fully saturated rings. The molecule has 2 aromatic heterocycles. The monoisotopic (exact) mass is 456 g/mol. The number of anilines is 2. The largest absolute Gasteiger partial charge is 0.326 e. The highest BCUT2D eigenvalue weighted by atomic mass is 32.2. The Morgan fingerprint density at radius 2 is 1.90 bits per heavy atom. The summed E-state index contributed by atoms with van der Waals surface area (Å²) in [6.45, 7) is 5.45. The van der Waals surface area contributed by atoms with E-state index in [4.69, 9.17) is 0 Å². The maximum absolute atomic E-state index is 12.7. The molecule has 31 heavy (non-hydrogen) atoms. The van der Waals surface area contributed by atoms with Crippen LogP contribution in [0.2, 0.25) is 0 Å². The lowest BCUT2D eigenvalue weighted by Crippen LogP contribution is -2.23. The third-order valence-corrected chi connectivity index (χ3v) is 7.41. The second-order valence-electron chi connectivity index (χ2n) is 7.91. The summed E-state index contributed by atoms with van der Waals surface area (Å²) >= 11 is 2.83. The Labute approximate surface area is 188 Å². The molecule has 4 rings (SSSR count). The van der Waals surface area contributed by atoms with E-state index in [-0.39, 0.29) is 17.4 Å². The Hall–Kier alpha value is -2.65. The Kier molecular flexibility index (Phi) is 6.15. The molecule has 162 valence electrons. The number of aromatic amines is 1. The van der Waals surface area contributed by atoms with E-state index in [1.54, 1.807) is 42.5 Å². The molecule has 0 spiro atoms. The summed E-state index contributed by atoms with van der Waals surface area (Å²) < 4.78 is 0. The number of hydrogen-bond acceptors (Lipinski definition) is 6. The number of aryl methyl sites for hydroxylation is 1. The first-order valence-corrected chi connectivity index (χ1v) is 11.9. The van der Waals surface area contributed by atoms with Gasteiger partial charge in [0.15, 0.2) is 5.16 Å². The Balaban J connectivity index is 1.46. The summed E-state index contributed by atoms with van der Waals surface area (Å²) in [5, 5.41) is 6.25. The number of thioether (sulfide) groups is 1. The van der Waals surface area contributed by atoms with E-state index in [1.807, 2.05) is 0 Å². The van der Waals surface area contributed by atoms with Crippen molar-refractivity contribution in [1.82, 2.24) is 9.97 Å². The van der Waals surface area contributed by atoms with Gasteiger partial charge in [0, 0.05) is 23.2 Å². The van der Waals surface area contributed by atoms with Crippen molar-refractivity contribution < 1.29 is 9.59 Å². The summed E-state index contributed by atoms with van der Waals surface area (Å²) in [5.74, 6) is 0.283. The second kappa shape index (κ2) is 8.84. The van der Waals surface area contributed by atoms with Crippen LogP contribution in [0.1, 0.15) is 37.6 Å². The van der Waals surface area contributed by atoms with Gasteiger partial charge in [-0.3, -0.25) is 14.4 Å². The summed E-state index contributed by atoms with van der Waals surface area (Å²) in [6, 6.07) is 6.90. The van der Waals surface area contributed by atoms with Crippen LogP contribution in [0.5, 0.6) is 0 Å². The van der Waals surface area contributed by atoms with Crippen LogP contribution in [-0.2, 0) is 22.4 Å².